The molecule has 0 aliphatic carbocycles. The molecule has 710 valence electrons. The van der Waals surface area contributed by atoms with Gasteiger partial charge in [-0.15, -0.1) is 0 Å². The summed E-state index contributed by atoms with van der Waals surface area (Å²) in [5.41, 5.74) is 22.7. The Morgan fingerprint density at radius 3 is 0.809 bits per heavy atom. The summed E-state index contributed by atoms with van der Waals surface area (Å²) >= 11 is 0. The van der Waals surface area contributed by atoms with Crippen LogP contribution in [0.5, 0.6) is 28.7 Å². The van der Waals surface area contributed by atoms with E-state index in [2.05, 4.69) is 343 Å². The van der Waals surface area contributed by atoms with Gasteiger partial charge in [0.2, 0.25) is 0 Å². The first-order valence-corrected chi connectivity index (χ1v) is 49.3. The van der Waals surface area contributed by atoms with Gasteiger partial charge in [0.15, 0.2) is 0 Å². The Bertz CT molecular complexity index is 5520. The summed E-state index contributed by atoms with van der Waals surface area (Å²) in [6, 6.07) is 109. The Morgan fingerprint density at radius 2 is 0.529 bits per heavy atom. The standard InChI is InChI=1S/C89H104O5.C36H42N2O4/c1-82(2,3)64-24-36-70(37-25-64)88(71-38-26-65(27-39-71)83(4,5)6,72-40-28-66(29-41-72)84(7,8)9)76-48-54-79(55-49-76)92-60-19-59-91-78-52-21-63(22-53-78)23-58-81(90)94-62-20-61-93-80-56-50-77(51-57-80)89(73-42-30-67(31-43-73)85(10,11)12,74-44-32-68(33-45-74)86(13,14)15)75-46-34-69(35-47-75)87(16,17)18;1-2-4-6-8-24-42-34-21-17-30(18-22-34)26-40-28-32-12-10-14-36(38-32)35-13-9-11-31(37-35)27-39-25-29-15-19-33(20-16-29)41-23-7-5-3-1/h21-58H,19-20,59-62H2,1-18H3;9-22H,1-8,23-28H2/b58-23+;. The van der Waals surface area contributed by atoms with Gasteiger partial charge in [0.25, 0.3) is 0 Å². The topological polar surface area (TPSA) is 117 Å². The van der Waals surface area contributed by atoms with Crippen molar-refractivity contribution in [3.8, 4) is 40.1 Å². The number of benzene rings is 11. The van der Waals surface area contributed by atoms with E-state index in [4.69, 9.17) is 47.9 Å². The second-order valence-corrected chi connectivity index (χ2v) is 42.7. The maximum Gasteiger partial charge on any atom is 0.330 e. The minimum atomic E-state index is -0.618. The summed E-state index contributed by atoms with van der Waals surface area (Å²) in [5, 5.41) is 0. The fourth-order valence-electron chi connectivity index (χ4n) is 17.6. The number of nitrogens with zero attached hydrogens (tertiary/aromatic N) is 2. The molecule has 0 unspecified atom stereocenters. The molecular weight excluding hydrogens is 1670 g/mol. The van der Waals surface area contributed by atoms with Gasteiger partial charge in [-0.3, -0.25) is 0 Å². The summed E-state index contributed by atoms with van der Waals surface area (Å²) in [4.78, 5) is 22.5. The molecule has 13 aromatic rings. The molecule has 4 aliphatic rings. The number of hydrogen-bond donors (Lipinski definition) is 0. The van der Waals surface area contributed by atoms with E-state index in [1.165, 1.54) is 117 Å². The monoisotopic (exact) mass is 1820 g/mol. The molecule has 0 amide bonds. The van der Waals surface area contributed by atoms with Crippen LogP contribution >= 0.6 is 0 Å². The third-order valence-electron chi connectivity index (χ3n) is 25.9. The summed E-state index contributed by atoms with van der Waals surface area (Å²) in [6.45, 7) is 45.9. The normalized spacial score (nSPS) is 13.9. The SMILES string of the molecule is CC(C)(C)c1ccc(C(c2ccc(OCCCOC(=O)/C=C/c3ccc(OCCCOc4ccc(C(c5ccc(C(C)(C)C)cc5)(c5ccc(C(C)(C)C)cc5)c5ccc(C(C)(C)C)cc5)cc4)cc3)cc2)(c2ccc(C(C)(C)C)cc2)c2ccc(C(C)(C)C)cc2)cc1.c1cc2nc(c1)-c1cccc(n1)COCc1ccc(cc1)OCCCCCCCCCCOc1ccc(cc1)COC2. The fraction of sp³-hybridized carbons (Fsp3) is 0.368. The van der Waals surface area contributed by atoms with Gasteiger partial charge in [-0.2, -0.15) is 0 Å². The van der Waals surface area contributed by atoms with Gasteiger partial charge < -0.3 is 37.9 Å². The highest BCUT2D eigenvalue weighted by Crippen LogP contribution is 2.50. The van der Waals surface area contributed by atoms with Crippen molar-refractivity contribution in [2.45, 2.75) is 259 Å². The number of esters is 1. The molecule has 17 rings (SSSR count). The van der Waals surface area contributed by atoms with E-state index in [1.54, 1.807) is 6.08 Å². The first kappa shape index (κ1) is 101. The first-order chi connectivity index (χ1) is 65.1. The van der Waals surface area contributed by atoms with Crippen molar-refractivity contribution in [3.05, 3.63) is 415 Å². The summed E-state index contributed by atoms with van der Waals surface area (Å²) < 4.78 is 48.2. The van der Waals surface area contributed by atoms with Crippen molar-refractivity contribution in [1.29, 1.82) is 0 Å². The van der Waals surface area contributed by atoms with Crippen LogP contribution in [0, 0.1) is 0 Å². The predicted molar refractivity (Wildman–Crippen MR) is 559 cm³/mol. The maximum atomic E-state index is 12.9. The van der Waals surface area contributed by atoms with Crippen LogP contribution in [0.1, 0.15) is 295 Å². The zero-order valence-corrected chi connectivity index (χ0v) is 84.2. The van der Waals surface area contributed by atoms with Crippen LogP contribution in [0.25, 0.3) is 17.5 Å². The van der Waals surface area contributed by atoms with Crippen molar-refractivity contribution in [1.82, 2.24) is 9.97 Å². The minimum absolute atomic E-state index is 0.0151. The highest BCUT2D eigenvalue weighted by molar-refractivity contribution is 5.87. The lowest BCUT2D eigenvalue weighted by Crippen LogP contribution is -2.31. The molecule has 11 heteroatoms. The second kappa shape index (κ2) is 46.1. The van der Waals surface area contributed by atoms with E-state index in [-0.39, 0.29) is 39.1 Å². The number of pyridine rings is 2. The molecule has 0 radical (unpaired) electrons. The van der Waals surface area contributed by atoms with E-state index in [9.17, 15) is 4.79 Å². The molecule has 0 saturated heterocycles. The van der Waals surface area contributed by atoms with Crippen LogP contribution in [0.4, 0.5) is 0 Å². The summed E-state index contributed by atoms with van der Waals surface area (Å²) in [5.74, 6) is 3.74. The lowest BCUT2D eigenvalue weighted by atomic mass is 9.64. The molecule has 0 saturated carbocycles. The Hall–Kier alpha value is -12.2. The largest absolute Gasteiger partial charge is 0.494 e. The summed E-state index contributed by atoms with van der Waals surface area (Å²) in [6.07, 6.45) is 14.2. The van der Waals surface area contributed by atoms with Crippen LogP contribution in [0.2, 0.25) is 0 Å². The number of hydrogen-bond acceptors (Lipinski definition) is 11. The number of ether oxygens (including phenoxy) is 8. The predicted octanol–water partition coefficient (Wildman–Crippen LogP) is 30.6. The molecule has 136 heavy (non-hydrogen) atoms. The van der Waals surface area contributed by atoms with Crippen LogP contribution < -0.4 is 23.7 Å². The number of aromatic nitrogens is 2. The van der Waals surface area contributed by atoms with Crippen molar-refractivity contribution < 1.29 is 42.7 Å². The average molecular weight is 1820 g/mol. The number of rotatable bonds is 21. The molecule has 0 fully saturated rings. The third-order valence-corrected chi connectivity index (χ3v) is 25.9. The molecule has 8 bridgehead atoms. The Balaban J connectivity index is 0.000000308. The lowest BCUT2D eigenvalue weighted by molar-refractivity contribution is -0.137. The van der Waals surface area contributed by atoms with Gasteiger partial charge in [-0.1, -0.05) is 382 Å². The second-order valence-electron chi connectivity index (χ2n) is 42.7. The van der Waals surface area contributed by atoms with E-state index in [0.29, 0.717) is 59.1 Å². The van der Waals surface area contributed by atoms with Gasteiger partial charge in [0.1, 0.15) is 28.7 Å². The van der Waals surface area contributed by atoms with Gasteiger partial charge in [0.05, 0.1) is 99.7 Å². The first-order valence-electron chi connectivity index (χ1n) is 49.3. The highest BCUT2D eigenvalue weighted by atomic mass is 16.5. The lowest BCUT2D eigenvalue weighted by Gasteiger charge is -2.38. The Kier molecular flexibility index (Phi) is 34.4. The van der Waals surface area contributed by atoms with Gasteiger partial charge in [0, 0.05) is 18.9 Å². The van der Waals surface area contributed by atoms with Crippen LogP contribution in [-0.2, 0) is 88.8 Å². The zero-order valence-electron chi connectivity index (χ0n) is 84.2. The van der Waals surface area contributed by atoms with E-state index >= 15 is 0 Å². The molecule has 0 N–H and O–H groups in total. The van der Waals surface area contributed by atoms with Gasteiger partial charge in [-0.25, -0.2) is 14.8 Å². The van der Waals surface area contributed by atoms with Crippen LogP contribution in [0.3, 0.4) is 0 Å². The average Bonchev–Trinajstić information content (AvgIpc) is 0.730. The van der Waals surface area contributed by atoms with Gasteiger partial charge in [-0.05, 0) is 231 Å². The molecule has 0 spiro atoms. The highest BCUT2D eigenvalue weighted by Gasteiger charge is 2.42. The molecule has 0 atom stereocenters. The van der Waals surface area contributed by atoms with Crippen molar-refractivity contribution in [2.75, 3.05) is 39.6 Å². The molecular formula is C125H146N2O9. The smallest absolute Gasteiger partial charge is 0.330 e. The van der Waals surface area contributed by atoms with Crippen LogP contribution in [0.15, 0.2) is 309 Å². The van der Waals surface area contributed by atoms with Crippen molar-refractivity contribution in [2.24, 2.45) is 0 Å². The number of carbonyl (C=O) groups is 1. The zero-order chi connectivity index (χ0) is 96.6. The summed E-state index contributed by atoms with van der Waals surface area (Å²) in [7, 11) is 0. The van der Waals surface area contributed by atoms with Crippen molar-refractivity contribution in [3.63, 3.8) is 0 Å². The van der Waals surface area contributed by atoms with Crippen molar-refractivity contribution >= 4 is 12.0 Å². The Labute approximate surface area is 813 Å². The molecule has 4 aliphatic heterocycles. The number of carbonyl (C=O) groups excluding carboxylic acids is 1. The van der Waals surface area contributed by atoms with E-state index in [1.807, 2.05) is 84.9 Å². The Morgan fingerprint density at radius 1 is 0.279 bits per heavy atom. The minimum Gasteiger partial charge on any atom is -0.494 e. The molecule has 6 heterocycles. The maximum absolute atomic E-state index is 12.9. The van der Waals surface area contributed by atoms with Gasteiger partial charge >= 0.3 is 5.97 Å². The third kappa shape index (κ3) is 27.6. The molecule has 11 nitrogen and oxygen atoms in total. The molecule has 11 aromatic carbocycles. The quantitative estimate of drug-likeness (QED) is 0.0296. The van der Waals surface area contributed by atoms with E-state index < -0.39 is 16.8 Å². The van der Waals surface area contributed by atoms with E-state index in [0.717, 1.165) is 99.8 Å². The molecule has 2 aromatic heterocycles. The fourth-order valence-corrected chi connectivity index (χ4v) is 17.6. The van der Waals surface area contributed by atoms with Crippen LogP contribution in [-0.4, -0.2) is 55.6 Å².